The van der Waals surface area contributed by atoms with E-state index in [9.17, 15) is 0 Å². The van der Waals surface area contributed by atoms with Crippen LogP contribution in [0.25, 0.3) is 10.7 Å². The van der Waals surface area contributed by atoms with Crippen molar-refractivity contribution >= 4 is 27.8 Å². The van der Waals surface area contributed by atoms with Crippen LogP contribution in [0.3, 0.4) is 0 Å². The number of anilines is 1. The van der Waals surface area contributed by atoms with Crippen LogP contribution in [0.15, 0.2) is 5.38 Å². The van der Waals surface area contributed by atoms with E-state index in [0.29, 0.717) is 5.13 Å². The van der Waals surface area contributed by atoms with Gasteiger partial charge in [0.25, 0.3) is 0 Å². The van der Waals surface area contributed by atoms with E-state index in [1.54, 1.807) is 11.3 Å². The van der Waals surface area contributed by atoms with Gasteiger partial charge in [0.15, 0.2) is 5.13 Å². The molecule has 0 unspecified atom stereocenters. The van der Waals surface area contributed by atoms with Gasteiger partial charge >= 0.3 is 0 Å². The molecule has 0 aliphatic carbocycles. The van der Waals surface area contributed by atoms with E-state index in [1.807, 2.05) is 12.3 Å². The maximum atomic E-state index is 5.55. The third-order valence-electron chi connectivity index (χ3n) is 1.77. The summed E-state index contributed by atoms with van der Waals surface area (Å²) in [5.41, 5.74) is 7.51. The van der Waals surface area contributed by atoms with Crippen LogP contribution >= 0.6 is 22.7 Å². The van der Waals surface area contributed by atoms with E-state index in [2.05, 4.69) is 16.9 Å². The van der Waals surface area contributed by atoms with Crippen molar-refractivity contribution in [1.29, 1.82) is 0 Å². The summed E-state index contributed by atoms with van der Waals surface area (Å²) in [5.74, 6) is 0. The van der Waals surface area contributed by atoms with Gasteiger partial charge in [-0.15, -0.1) is 22.7 Å². The minimum atomic E-state index is 0.598. The van der Waals surface area contributed by atoms with E-state index in [-0.39, 0.29) is 0 Å². The van der Waals surface area contributed by atoms with Gasteiger partial charge in [-0.3, -0.25) is 0 Å². The highest BCUT2D eigenvalue weighted by atomic mass is 32.1. The lowest BCUT2D eigenvalue weighted by atomic mass is 10.4. The second-order valence-corrected chi connectivity index (χ2v) is 4.82. The SMILES string of the molecule is Cc1nc(-c2csc(N)n2)sc1C. The molecule has 2 N–H and O–H groups in total. The molecule has 3 nitrogen and oxygen atoms in total. The Morgan fingerprint density at radius 2 is 2.08 bits per heavy atom. The van der Waals surface area contributed by atoms with Crippen molar-refractivity contribution in [3.05, 3.63) is 16.0 Å². The van der Waals surface area contributed by atoms with Gasteiger partial charge in [0.2, 0.25) is 0 Å². The van der Waals surface area contributed by atoms with Gasteiger partial charge in [0, 0.05) is 10.3 Å². The number of hydrogen-bond donors (Lipinski definition) is 1. The summed E-state index contributed by atoms with van der Waals surface area (Å²) in [6.07, 6.45) is 0. The molecule has 0 aromatic carbocycles. The largest absolute Gasteiger partial charge is 0.375 e. The normalized spacial score (nSPS) is 10.6. The van der Waals surface area contributed by atoms with Crippen molar-refractivity contribution in [2.24, 2.45) is 0 Å². The van der Waals surface area contributed by atoms with Crippen LogP contribution in [0.2, 0.25) is 0 Å². The zero-order valence-electron chi connectivity index (χ0n) is 7.37. The van der Waals surface area contributed by atoms with Crippen LogP contribution in [0.5, 0.6) is 0 Å². The molecule has 0 saturated carbocycles. The summed E-state index contributed by atoms with van der Waals surface area (Å²) in [6.45, 7) is 4.07. The predicted molar refractivity (Wildman–Crippen MR) is 57.1 cm³/mol. The van der Waals surface area contributed by atoms with Crippen molar-refractivity contribution in [2.45, 2.75) is 13.8 Å². The van der Waals surface area contributed by atoms with Gasteiger partial charge in [-0.25, -0.2) is 9.97 Å². The molecule has 0 spiro atoms. The van der Waals surface area contributed by atoms with Gasteiger partial charge < -0.3 is 5.73 Å². The quantitative estimate of drug-likeness (QED) is 0.788. The standard InChI is InChI=1S/C8H9N3S2/c1-4-5(2)13-7(10-4)6-3-12-8(9)11-6/h3H,1-2H3,(H2,9,11). The zero-order valence-corrected chi connectivity index (χ0v) is 9.00. The molecule has 68 valence electrons. The zero-order chi connectivity index (χ0) is 9.42. The number of nitrogens with two attached hydrogens (primary N) is 1. The molecule has 2 aromatic heterocycles. The Morgan fingerprint density at radius 3 is 2.54 bits per heavy atom. The highest BCUT2D eigenvalue weighted by Gasteiger charge is 2.08. The third-order valence-corrected chi connectivity index (χ3v) is 3.54. The van der Waals surface area contributed by atoms with Crippen molar-refractivity contribution < 1.29 is 0 Å². The molecule has 0 fully saturated rings. The van der Waals surface area contributed by atoms with Gasteiger partial charge in [-0.05, 0) is 13.8 Å². The molecule has 0 radical (unpaired) electrons. The first-order valence-electron chi connectivity index (χ1n) is 3.82. The van der Waals surface area contributed by atoms with Gasteiger partial charge in [0.1, 0.15) is 10.7 Å². The molecule has 2 heterocycles. The minimum Gasteiger partial charge on any atom is -0.375 e. The molecular weight excluding hydrogens is 202 g/mol. The number of aryl methyl sites for hydroxylation is 2. The van der Waals surface area contributed by atoms with E-state index < -0.39 is 0 Å². The molecule has 13 heavy (non-hydrogen) atoms. The smallest absolute Gasteiger partial charge is 0.180 e. The maximum Gasteiger partial charge on any atom is 0.180 e. The Kier molecular flexibility index (Phi) is 2.05. The first-order valence-corrected chi connectivity index (χ1v) is 5.52. The lowest BCUT2D eigenvalue weighted by Crippen LogP contribution is -1.82. The monoisotopic (exact) mass is 211 g/mol. The fourth-order valence-electron chi connectivity index (χ4n) is 0.968. The second-order valence-electron chi connectivity index (χ2n) is 2.73. The van der Waals surface area contributed by atoms with Gasteiger partial charge in [-0.1, -0.05) is 0 Å². The molecular formula is C8H9N3S2. The first kappa shape index (κ1) is 8.65. The van der Waals surface area contributed by atoms with Crippen LogP contribution in [0.4, 0.5) is 5.13 Å². The number of hydrogen-bond acceptors (Lipinski definition) is 5. The Hall–Kier alpha value is -0.940. The molecule has 0 amide bonds. The molecule has 0 bridgehead atoms. The topological polar surface area (TPSA) is 51.8 Å². The number of nitrogens with zero attached hydrogens (tertiary/aromatic N) is 2. The molecule has 0 atom stereocenters. The first-order chi connectivity index (χ1) is 6.16. The number of aromatic nitrogens is 2. The number of thiazole rings is 2. The molecule has 5 heteroatoms. The summed E-state index contributed by atoms with van der Waals surface area (Å²) in [4.78, 5) is 9.82. The highest BCUT2D eigenvalue weighted by molar-refractivity contribution is 7.16. The van der Waals surface area contributed by atoms with Crippen LogP contribution in [-0.4, -0.2) is 9.97 Å². The van der Waals surface area contributed by atoms with E-state index in [1.165, 1.54) is 16.2 Å². The van der Waals surface area contributed by atoms with Crippen molar-refractivity contribution in [3.63, 3.8) is 0 Å². The minimum absolute atomic E-state index is 0.598. The summed E-state index contributed by atoms with van der Waals surface area (Å²) in [6, 6.07) is 0. The second kappa shape index (κ2) is 3.08. The molecule has 0 aliphatic heterocycles. The Balaban J connectivity index is 2.46. The lowest BCUT2D eigenvalue weighted by molar-refractivity contribution is 1.22. The fourth-order valence-corrected chi connectivity index (χ4v) is 2.47. The van der Waals surface area contributed by atoms with Crippen molar-refractivity contribution in [1.82, 2.24) is 9.97 Å². The van der Waals surface area contributed by atoms with E-state index >= 15 is 0 Å². The van der Waals surface area contributed by atoms with Gasteiger partial charge in [0.05, 0.1) is 5.69 Å². The van der Waals surface area contributed by atoms with Crippen LogP contribution in [0, 0.1) is 13.8 Å². The molecule has 0 aliphatic rings. The van der Waals surface area contributed by atoms with Crippen molar-refractivity contribution in [3.8, 4) is 10.7 Å². The Labute approximate surface area is 84.3 Å². The Morgan fingerprint density at radius 1 is 1.31 bits per heavy atom. The fraction of sp³-hybridized carbons (Fsp3) is 0.250. The predicted octanol–water partition coefficient (Wildman–Crippen LogP) is 2.47. The average molecular weight is 211 g/mol. The van der Waals surface area contributed by atoms with Crippen molar-refractivity contribution in [2.75, 3.05) is 5.73 Å². The highest BCUT2D eigenvalue weighted by Crippen LogP contribution is 2.28. The molecule has 0 saturated heterocycles. The molecule has 2 aromatic rings. The Bertz CT molecular complexity index is 411. The number of rotatable bonds is 1. The maximum absolute atomic E-state index is 5.55. The summed E-state index contributed by atoms with van der Waals surface area (Å²) >= 11 is 3.11. The number of nitrogen functional groups attached to an aromatic ring is 1. The molecule has 2 rings (SSSR count). The van der Waals surface area contributed by atoms with Gasteiger partial charge in [-0.2, -0.15) is 0 Å². The van der Waals surface area contributed by atoms with Crippen LogP contribution in [-0.2, 0) is 0 Å². The summed E-state index contributed by atoms with van der Waals surface area (Å²) in [7, 11) is 0. The average Bonchev–Trinajstić information content (AvgIpc) is 2.61. The van der Waals surface area contributed by atoms with Crippen LogP contribution in [0.1, 0.15) is 10.6 Å². The third kappa shape index (κ3) is 1.57. The van der Waals surface area contributed by atoms with E-state index in [0.717, 1.165) is 16.4 Å². The van der Waals surface area contributed by atoms with E-state index in [4.69, 9.17) is 5.73 Å². The summed E-state index contributed by atoms with van der Waals surface area (Å²) in [5, 5.41) is 3.50. The lowest BCUT2D eigenvalue weighted by Gasteiger charge is -1.84. The van der Waals surface area contributed by atoms with Crippen LogP contribution < -0.4 is 5.73 Å². The summed E-state index contributed by atoms with van der Waals surface area (Å²) < 4.78 is 0.